The number of rotatable bonds is 8. The normalized spacial score (nSPS) is 16.8. The van der Waals surface area contributed by atoms with E-state index < -0.39 is 34.0 Å². The van der Waals surface area contributed by atoms with Gasteiger partial charge >= 0.3 is 5.97 Å². The van der Waals surface area contributed by atoms with Gasteiger partial charge in [0, 0.05) is 30.1 Å². The molecule has 1 aromatic heterocycles. The molecular weight excluding hydrogens is 502 g/mol. The molecule has 5 rings (SSSR count). The van der Waals surface area contributed by atoms with E-state index in [4.69, 9.17) is 4.74 Å². The number of para-hydroxylation sites is 1. The van der Waals surface area contributed by atoms with E-state index in [9.17, 15) is 18.0 Å². The van der Waals surface area contributed by atoms with Crippen LogP contribution in [-0.4, -0.2) is 48.2 Å². The summed E-state index contributed by atoms with van der Waals surface area (Å²) in [5.74, 6) is -0.782. The van der Waals surface area contributed by atoms with E-state index in [0.29, 0.717) is 18.6 Å². The fourth-order valence-electron chi connectivity index (χ4n) is 4.76. The smallest absolute Gasteiger partial charge is 0.334 e. The minimum atomic E-state index is -3.88. The zero-order chi connectivity index (χ0) is 26.7. The van der Waals surface area contributed by atoms with Gasteiger partial charge in [-0.1, -0.05) is 60.2 Å². The molecule has 9 heteroatoms. The van der Waals surface area contributed by atoms with Crippen molar-refractivity contribution >= 4 is 32.8 Å². The number of nitrogens with one attached hydrogen (secondary N) is 2. The van der Waals surface area contributed by atoms with Gasteiger partial charge in [-0.2, -0.15) is 4.31 Å². The summed E-state index contributed by atoms with van der Waals surface area (Å²) in [7, 11) is -3.88. The SMILES string of the molecule is Cc1ccc(S(=O)(=O)N2CCC[C@H]2C(=O)N[C@@H](Cc2ccccc2)C(=O)Oc2c[nH]c3ccccc23)cc1. The van der Waals surface area contributed by atoms with E-state index >= 15 is 0 Å². The average Bonchev–Trinajstić information content (AvgIpc) is 3.58. The van der Waals surface area contributed by atoms with E-state index in [2.05, 4.69) is 10.3 Å². The van der Waals surface area contributed by atoms with E-state index in [1.165, 1.54) is 4.31 Å². The monoisotopic (exact) mass is 531 g/mol. The van der Waals surface area contributed by atoms with Gasteiger partial charge in [-0.3, -0.25) is 4.79 Å². The molecule has 0 radical (unpaired) electrons. The molecule has 1 aliphatic heterocycles. The first-order valence-electron chi connectivity index (χ1n) is 12.5. The van der Waals surface area contributed by atoms with Crippen LogP contribution in [0.15, 0.2) is 90.0 Å². The number of amides is 1. The van der Waals surface area contributed by atoms with Gasteiger partial charge in [0.05, 0.1) is 4.90 Å². The van der Waals surface area contributed by atoms with Gasteiger partial charge in [0.2, 0.25) is 15.9 Å². The van der Waals surface area contributed by atoms with Crippen LogP contribution in [0.2, 0.25) is 0 Å². The minimum absolute atomic E-state index is 0.141. The predicted molar refractivity (Wildman–Crippen MR) is 144 cm³/mol. The quantitative estimate of drug-likeness (QED) is 0.335. The van der Waals surface area contributed by atoms with E-state index in [0.717, 1.165) is 22.0 Å². The highest BCUT2D eigenvalue weighted by Crippen LogP contribution is 2.28. The van der Waals surface area contributed by atoms with E-state index in [1.807, 2.05) is 61.5 Å². The first-order valence-corrected chi connectivity index (χ1v) is 14.0. The summed E-state index contributed by atoms with van der Waals surface area (Å²) in [5.41, 5.74) is 2.60. The standard InChI is InChI=1S/C29H29N3O5S/c1-20-13-15-22(16-14-20)38(35,36)32-17-7-12-26(32)28(33)31-25(18-21-8-3-2-4-9-21)29(34)37-27-19-30-24-11-6-5-10-23(24)27/h2-6,8-11,13-16,19,25-26,30H,7,12,17-18H2,1H3,(H,31,33)/t25-,26-/m0/s1. The van der Waals surface area contributed by atoms with Crippen molar-refractivity contribution in [2.75, 3.05) is 6.54 Å². The van der Waals surface area contributed by atoms with Crippen molar-refractivity contribution in [1.82, 2.24) is 14.6 Å². The van der Waals surface area contributed by atoms with Gasteiger partial charge in [-0.25, -0.2) is 13.2 Å². The van der Waals surface area contributed by atoms with Gasteiger partial charge in [-0.15, -0.1) is 0 Å². The van der Waals surface area contributed by atoms with Crippen molar-refractivity contribution in [2.24, 2.45) is 0 Å². The average molecular weight is 532 g/mol. The van der Waals surface area contributed by atoms with Crippen molar-refractivity contribution in [1.29, 1.82) is 0 Å². The maximum atomic E-state index is 13.5. The molecule has 1 aliphatic rings. The second-order valence-electron chi connectivity index (χ2n) is 9.46. The second-order valence-corrected chi connectivity index (χ2v) is 11.3. The molecule has 0 saturated carbocycles. The van der Waals surface area contributed by atoms with Crippen molar-refractivity contribution in [3.63, 3.8) is 0 Å². The number of nitrogens with zero attached hydrogens (tertiary/aromatic N) is 1. The highest BCUT2D eigenvalue weighted by molar-refractivity contribution is 7.89. The third kappa shape index (κ3) is 5.34. The van der Waals surface area contributed by atoms with Crippen LogP contribution in [0.25, 0.3) is 10.9 Å². The van der Waals surface area contributed by atoms with Crippen molar-refractivity contribution in [3.05, 3.63) is 96.2 Å². The number of esters is 1. The van der Waals surface area contributed by atoms with Gasteiger partial charge in [-0.05, 0) is 49.6 Å². The maximum Gasteiger partial charge on any atom is 0.334 e. The number of carbonyl (C=O) groups is 2. The molecule has 38 heavy (non-hydrogen) atoms. The highest BCUT2D eigenvalue weighted by Gasteiger charge is 2.40. The molecule has 0 unspecified atom stereocenters. The van der Waals surface area contributed by atoms with Crippen LogP contribution >= 0.6 is 0 Å². The molecule has 196 valence electrons. The number of benzene rings is 3. The summed E-state index contributed by atoms with van der Waals surface area (Å²) in [6.45, 7) is 2.11. The van der Waals surface area contributed by atoms with Gasteiger partial charge in [0.1, 0.15) is 12.1 Å². The molecule has 4 aromatic rings. The molecular formula is C29H29N3O5S. The number of sulfonamides is 1. The van der Waals surface area contributed by atoms with E-state index in [1.54, 1.807) is 30.5 Å². The molecule has 2 N–H and O–H groups in total. The number of H-pyrrole nitrogens is 1. The summed E-state index contributed by atoms with van der Waals surface area (Å²) < 4.78 is 33.7. The first kappa shape index (κ1) is 25.7. The Hall–Kier alpha value is -3.95. The number of fused-ring (bicyclic) bond motifs is 1. The number of hydrogen-bond donors (Lipinski definition) is 2. The molecule has 0 spiro atoms. The lowest BCUT2D eigenvalue weighted by Gasteiger charge is -2.25. The summed E-state index contributed by atoms with van der Waals surface area (Å²) in [5, 5.41) is 3.55. The van der Waals surface area contributed by atoms with Crippen LogP contribution in [0, 0.1) is 6.92 Å². The van der Waals surface area contributed by atoms with Crippen molar-refractivity contribution in [3.8, 4) is 5.75 Å². The Balaban J connectivity index is 1.37. The molecule has 1 fully saturated rings. The molecule has 2 atom stereocenters. The van der Waals surface area contributed by atoms with Gasteiger partial charge < -0.3 is 15.0 Å². The zero-order valence-corrected chi connectivity index (χ0v) is 21.8. The Morgan fingerprint density at radius 1 is 1.03 bits per heavy atom. The van der Waals surface area contributed by atoms with Crippen LogP contribution in [0.5, 0.6) is 5.75 Å². The topological polar surface area (TPSA) is 109 Å². The molecule has 8 nitrogen and oxygen atoms in total. The van der Waals surface area contributed by atoms with E-state index in [-0.39, 0.29) is 17.9 Å². The Morgan fingerprint density at radius 2 is 1.74 bits per heavy atom. The molecule has 0 bridgehead atoms. The largest absolute Gasteiger partial charge is 0.423 e. The Labute approximate surface area is 221 Å². The fourth-order valence-corrected chi connectivity index (χ4v) is 6.41. The number of aryl methyl sites for hydroxylation is 1. The lowest BCUT2D eigenvalue weighted by atomic mass is 10.1. The van der Waals surface area contributed by atoms with Gasteiger partial charge in [0.15, 0.2) is 5.75 Å². The van der Waals surface area contributed by atoms with Crippen LogP contribution in [0.4, 0.5) is 0 Å². The lowest BCUT2D eigenvalue weighted by Crippen LogP contribution is -2.52. The molecule has 0 aliphatic carbocycles. The Bertz CT molecular complexity index is 1550. The third-order valence-electron chi connectivity index (χ3n) is 6.78. The molecule has 2 heterocycles. The number of ether oxygens (including phenoxy) is 1. The van der Waals surface area contributed by atoms with Crippen LogP contribution < -0.4 is 10.1 Å². The number of hydrogen-bond acceptors (Lipinski definition) is 5. The van der Waals surface area contributed by atoms with Crippen molar-refractivity contribution < 1.29 is 22.7 Å². The fraction of sp³-hybridized carbons (Fsp3) is 0.241. The maximum absolute atomic E-state index is 13.5. The lowest BCUT2D eigenvalue weighted by molar-refractivity contribution is -0.139. The molecule has 3 aromatic carbocycles. The number of aromatic amines is 1. The van der Waals surface area contributed by atoms with Crippen LogP contribution in [-0.2, 0) is 26.0 Å². The summed E-state index contributed by atoms with van der Waals surface area (Å²) >= 11 is 0. The molecule has 1 saturated heterocycles. The van der Waals surface area contributed by atoms with Crippen molar-refractivity contribution in [2.45, 2.75) is 43.2 Å². The number of aromatic nitrogens is 1. The second kappa shape index (κ2) is 10.8. The summed E-state index contributed by atoms with van der Waals surface area (Å²) in [6.07, 6.45) is 2.72. The minimum Gasteiger partial charge on any atom is -0.423 e. The zero-order valence-electron chi connectivity index (χ0n) is 21.0. The predicted octanol–water partition coefficient (Wildman–Crippen LogP) is 3.96. The molecule has 1 amide bonds. The Morgan fingerprint density at radius 3 is 2.50 bits per heavy atom. The summed E-state index contributed by atoms with van der Waals surface area (Å²) in [4.78, 5) is 30.0. The summed E-state index contributed by atoms with van der Waals surface area (Å²) in [6, 6.07) is 21.4. The Kier molecular flexibility index (Phi) is 7.31. The third-order valence-corrected chi connectivity index (χ3v) is 8.70. The van der Waals surface area contributed by atoms with Crippen LogP contribution in [0.1, 0.15) is 24.0 Å². The van der Waals surface area contributed by atoms with Crippen LogP contribution in [0.3, 0.4) is 0 Å². The first-order chi connectivity index (χ1) is 18.3. The number of carbonyl (C=O) groups excluding carboxylic acids is 2. The van der Waals surface area contributed by atoms with Gasteiger partial charge in [0.25, 0.3) is 0 Å². The highest BCUT2D eigenvalue weighted by atomic mass is 32.2.